The van der Waals surface area contributed by atoms with Gasteiger partial charge in [-0.1, -0.05) is 24.0 Å². The van der Waals surface area contributed by atoms with Crippen molar-refractivity contribution in [2.75, 3.05) is 11.0 Å². The molecule has 3 atom stereocenters. The van der Waals surface area contributed by atoms with Crippen molar-refractivity contribution in [3.63, 3.8) is 0 Å². The number of sulfonamides is 1. The summed E-state index contributed by atoms with van der Waals surface area (Å²) in [7, 11) is -0.459. The number of pyridine rings is 1. The summed E-state index contributed by atoms with van der Waals surface area (Å²) < 4.78 is 134. The molecule has 5 heterocycles. The van der Waals surface area contributed by atoms with E-state index in [9.17, 15) is 35.2 Å². The molecule has 2 aromatic carbocycles. The monoisotopic (exact) mass is 868 g/mol. The molecule has 308 valence electrons. The number of halogens is 7. The molecule has 2 aliphatic rings. The van der Waals surface area contributed by atoms with E-state index in [0.717, 1.165) is 18.4 Å². The molecule has 1 unspecified atom stereocenters. The minimum Gasteiger partial charge on any atom is -0.346 e. The summed E-state index contributed by atoms with van der Waals surface area (Å²) in [5.74, 6) is -5.39. The van der Waals surface area contributed by atoms with Gasteiger partial charge in [0.2, 0.25) is 15.9 Å². The number of thiazole rings is 1. The molecule has 5 aromatic heterocycles. The number of anilines is 1. The minimum atomic E-state index is -5.14. The summed E-state index contributed by atoms with van der Waals surface area (Å²) in [5.41, 5.74) is -1.61. The molecule has 2 N–H and O–H groups in total. The summed E-state index contributed by atoms with van der Waals surface area (Å²) in [5, 5.41) is 11.3. The summed E-state index contributed by atoms with van der Waals surface area (Å²) >= 11 is 1.23. The first-order valence-electron chi connectivity index (χ1n) is 17.8. The Balaban J connectivity index is 1.21. The van der Waals surface area contributed by atoms with Gasteiger partial charge in [0.1, 0.15) is 40.5 Å². The standard InChI is InChI=1S/C38H27F7N10O3S2/c1-53-14-26(46-16-53)36-49-35-27(59-36)13-23(20-5-4-6-22-31(20)54(2)51-34(22)52-60(3,57)58)30(48-35)25(11-17-9-18(39)12-19(40)10-17)47-28(56)15-55-33-29(32(50-55)38(43,44)45)21-7-8-24(21)37(33,41)42/h4-6,9-10,12-14,16,21,24-25H,11,15H2,1-3H3,(H,47,56)(H,51,52)/t21-,24+,25?/m0/s1. The maximum atomic E-state index is 15.6. The van der Waals surface area contributed by atoms with Gasteiger partial charge in [0.05, 0.1) is 40.5 Å². The molecule has 0 spiro atoms. The molecule has 2 aliphatic carbocycles. The van der Waals surface area contributed by atoms with Gasteiger partial charge < -0.3 is 9.88 Å². The maximum Gasteiger partial charge on any atom is 0.435 e. The number of fused-ring (bicyclic) bond motifs is 5. The molecule has 9 rings (SSSR count). The van der Waals surface area contributed by atoms with Gasteiger partial charge in [-0.25, -0.2) is 32.2 Å². The smallest absolute Gasteiger partial charge is 0.346 e. The number of carbonyl (C=O) groups is 1. The highest BCUT2D eigenvalue weighted by Gasteiger charge is 2.62. The molecule has 1 amide bonds. The van der Waals surface area contributed by atoms with E-state index in [4.69, 9.17) is 4.98 Å². The van der Waals surface area contributed by atoms with Crippen molar-refractivity contribution in [1.29, 1.82) is 0 Å². The number of aromatic nitrogens is 8. The molecular weight excluding hydrogens is 842 g/mol. The molecule has 7 aromatic rings. The second kappa shape index (κ2) is 13.6. The highest BCUT2D eigenvalue weighted by Crippen LogP contribution is 2.58. The fourth-order valence-electron chi connectivity index (χ4n) is 7.74. The Morgan fingerprint density at radius 1 is 1.03 bits per heavy atom. The van der Waals surface area contributed by atoms with E-state index in [2.05, 4.69) is 42.0 Å². The van der Waals surface area contributed by atoms with Crippen molar-refractivity contribution in [2.24, 2.45) is 20.0 Å². The zero-order valence-corrected chi connectivity index (χ0v) is 32.7. The third-order valence-corrected chi connectivity index (χ3v) is 11.7. The molecule has 0 fully saturated rings. The first-order chi connectivity index (χ1) is 28.2. The average molecular weight is 869 g/mol. The lowest BCUT2D eigenvalue weighted by Gasteiger charge is -2.24. The number of benzene rings is 2. The summed E-state index contributed by atoms with van der Waals surface area (Å²) in [6.07, 6.45) is -1.26. The second-order valence-corrected chi connectivity index (χ2v) is 17.2. The maximum absolute atomic E-state index is 15.6. The van der Waals surface area contributed by atoms with Crippen molar-refractivity contribution in [2.45, 2.75) is 37.0 Å². The highest BCUT2D eigenvalue weighted by molar-refractivity contribution is 7.92. The normalized spacial score (nSPS) is 17.2. The van der Waals surface area contributed by atoms with Crippen LogP contribution in [0.1, 0.15) is 40.2 Å². The van der Waals surface area contributed by atoms with E-state index >= 15 is 8.78 Å². The van der Waals surface area contributed by atoms with Crippen molar-refractivity contribution in [1.82, 2.24) is 44.4 Å². The number of aryl methyl sites for hydroxylation is 2. The number of carbonyl (C=O) groups excluding carboxylic acids is 1. The first-order valence-corrected chi connectivity index (χ1v) is 20.5. The van der Waals surface area contributed by atoms with Crippen LogP contribution in [0.3, 0.4) is 0 Å². The minimum absolute atomic E-state index is 0.00312. The third kappa shape index (κ3) is 6.70. The Morgan fingerprint density at radius 3 is 2.43 bits per heavy atom. The SMILES string of the molecule is Cn1cnc(-c2nc3nc(C(Cc4cc(F)cc(F)c4)NC(=O)Cn4nc(C(F)(F)F)c5c4C(F)(F)[C@@H]4C#C[C@H]54)c(-c4cccc5c(NS(C)(=O)=O)nn(C)c45)cc3s2)c1. The first kappa shape index (κ1) is 39.1. The Morgan fingerprint density at radius 2 is 1.78 bits per heavy atom. The van der Waals surface area contributed by atoms with Gasteiger partial charge in [0, 0.05) is 48.4 Å². The Bertz CT molecular complexity index is 3100. The topological polar surface area (TPSA) is 155 Å². The Hall–Kier alpha value is -6.34. The average Bonchev–Trinajstić information content (AvgIpc) is 3.92. The molecule has 0 radical (unpaired) electrons. The number of para-hydroxylation sites is 1. The number of nitrogens with one attached hydrogen (secondary N) is 2. The summed E-state index contributed by atoms with van der Waals surface area (Å²) in [6, 6.07) is 7.92. The molecule has 0 aliphatic heterocycles. The summed E-state index contributed by atoms with van der Waals surface area (Å²) in [6.45, 7) is -1.11. The lowest BCUT2D eigenvalue weighted by molar-refractivity contribution is -0.142. The number of nitrogens with zero attached hydrogens (tertiary/aromatic N) is 8. The number of hydrogen-bond acceptors (Lipinski definition) is 9. The van der Waals surface area contributed by atoms with Crippen LogP contribution in [-0.4, -0.2) is 59.7 Å². The molecule has 22 heteroatoms. The number of rotatable bonds is 10. The lowest BCUT2D eigenvalue weighted by Crippen LogP contribution is -2.36. The van der Waals surface area contributed by atoms with Gasteiger partial charge in [0.15, 0.2) is 17.2 Å². The summed E-state index contributed by atoms with van der Waals surface area (Å²) in [4.78, 5) is 28.0. The van der Waals surface area contributed by atoms with Gasteiger partial charge in [-0.2, -0.15) is 32.1 Å². The van der Waals surface area contributed by atoms with E-state index in [1.54, 1.807) is 55.5 Å². The quantitative estimate of drug-likeness (QED) is 0.118. The van der Waals surface area contributed by atoms with Crippen LogP contribution in [0, 0.1) is 29.4 Å². The molecule has 13 nitrogen and oxygen atoms in total. The van der Waals surface area contributed by atoms with Gasteiger partial charge in [-0.05, 0) is 36.2 Å². The van der Waals surface area contributed by atoms with Crippen LogP contribution in [0.4, 0.5) is 36.6 Å². The fourth-order valence-corrected chi connectivity index (χ4v) is 9.15. The second-order valence-electron chi connectivity index (χ2n) is 14.5. The molecule has 0 saturated carbocycles. The molecule has 0 saturated heterocycles. The Kier molecular flexibility index (Phi) is 8.87. The zero-order chi connectivity index (χ0) is 42.6. The van der Waals surface area contributed by atoms with Gasteiger partial charge >= 0.3 is 12.1 Å². The van der Waals surface area contributed by atoms with E-state index in [1.807, 2.05) is 0 Å². The molecular formula is C38H27F7N10O3S2. The predicted octanol–water partition coefficient (Wildman–Crippen LogP) is 6.43. The van der Waals surface area contributed by atoms with Crippen LogP contribution in [0.15, 0.2) is 55.0 Å². The van der Waals surface area contributed by atoms with Crippen LogP contribution in [-0.2, 0) is 54.0 Å². The third-order valence-electron chi connectivity index (χ3n) is 10.1. The lowest BCUT2D eigenvalue weighted by atomic mass is 9.84. The largest absolute Gasteiger partial charge is 0.435 e. The molecule has 60 heavy (non-hydrogen) atoms. The van der Waals surface area contributed by atoms with Gasteiger partial charge in [0.25, 0.3) is 0 Å². The van der Waals surface area contributed by atoms with Crippen LogP contribution >= 0.6 is 11.3 Å². The van der Waals surface area contributed by atoms with E-state index in [1.165, 1.54) is 16.0 Å². The van der Waals surface area contributed by atoms with E-state index in [0.29, 0.717) is 48.2 Å². The zero-order valence-electron chi connectivity index (χ0n) is 31.1. The Labute approximate surface area is 338 Å². The van der Waals surface area contributed by atoms with E-state index in [-0.39, 0.29) is 29.1 Å². The van der Waals surface area contributed by atoms with Crippen molar-refractivity contribution >= 4 is 54.3 Å². The van der Waals surface area contributed by atoms with Crippen LogP contribution in [0.25, 0.3) is 43.1 Å². The van der Waals surface area contributed by atoms with E-state index < -0.39 is 81.0 Å². The number of imidazole rings is 1. The van der Waals surface area contributed by atoms with Crippen molar-refractivity contribution < 1.29 is 43.9 Å². The van der Waals surface area contributed by atoms with Crippen molar-refractivity contribution in [3.8, 4) is 33.7 Å². The van der Waals surface area contributed by atoms with Gasteiger partial charge in [-0.15, -0.1) is 11.3 Å². The predicted molar refractivity (Wildman–Crippen MR) is 204 cm³/mol. The number of amides is 1. The number of hydrogen-bond donors (Lipinski definition) is 2. The van der Waals surface area contributed by atoms with Crippen LogP contribution in [0.5, 0.6) is 0 Å². The molecule has 0 bridgehead atoms. The van der Waals surface area contributed by atoms with Gasteiger partial charge in [-0.3, -0.25) is 18.9 Å². The van der Waals surface area contributed by atoms with Crippen LogP contribution < -0.4 is 10.0 Å². The highest BCUT2D eigenvalue weighted by atomic mass is 32.2. The van der Waals surface area contributed by atoms with Crippen LogP contribution in [0.2, 0.25) is 0 Å². The number of alkyl halides is 5. The fraction of sp³-hybridized carbons (Fsp3) is 0.263. The van der Waals surface area contributed by atoms with Crippen molar-refractivity contribution in [3.05, 3.63) is 94.8 Å².